The minimum absolute atomic E-state index is 0.0644. The van der Waals surface area contributed by atoms with Crippen LogP contribution in [0.1, 0.15) is 30.1 Å². The van der Waals surface area contributed by atoms with Gasteiger partial charge in [0.2, 0.25) is 5.91 Å². The van der Waals surface area contributed by atoms with Gasteiger partial charge in [-0.15, -0.1) is 0 Å². The second-order valence-electron chi connectivity index (χ2n) is 7.27. The van der Waals surface area contributed by atoms with Crippen LogP contribution in [0.5, 0.6) is 0 Å². The van der Waals surface area contributed by atoms with E-state index in [2.05, 4.69) is 12.2 Å². The molecule has 2 aliphatic carbocycles. The van der Waals surface area contributed by atoms with Crippen LogP contribution in [-0.2, 0) is 14.6 Å². The average molecular weight is 345 g/mol. The maximum atomic E-state index is 12.9. The molecule has 2 fully saturated rings. The van der Waals surface area contributed by atoms with Gasteiger partial charge in [0.05, 0.1) is 11.0 Å². The van der Waals surface area contributed by atoms with E-state index in [0.29, 0.717) is 31.3 Å². The fourth-order valence-electron chi connectivity index (χ4n) is 4.51. The zero-order chi connectivity index (χ0) is 16.7. The first-order chi connectivity index (χ1) is 11.5. The summed E-state index contributed by atoms with van der Waals surface area (Å²) in [5.74, 6) is 1.21. The highest BCUT2D eigenvalue weighted by Gasteiger charge is 2.42. The van der Waals surface area contributed by atoms with Crippen molar-refractivity contribution in [3.8, 4) is 0 Å². The summed E-state index contributed by atoms with van der Waals surface area (Å²) in [6.45, 7) is 0.872. The smallest absolute Gasteiger partial charge is 0.226 e. The number of hydrogen-bond donors (Lipinski definition) is 0. The van der Waals surface area contributed by atoms with Crippen LogP contribution >= 0.6 is 0 Å². The summed E-state index contributed by atoms with van der Waals surface area (Å²) in [4.78, 5) is 14.7. The molecule has 24 heavy (non-hydrogen) atoms. The summed E-state index contributed by atoms with van der Waals surface area (Å²) >= 11 is 0. The zero-order valence-electron chi connectivity index (χ0n) is 13.7. The summed E-state index contributed by atoms with van der Waals surface area (Å²) in [7, 11) is -3.22. The standard InChI is InChI=1S/C19H23NO3S/c21-19(17-13-14-6-7-16(17)12-14)20-9-8-18(24(22,23)11-10-20)15-4-2-1-3-5-15/h1-7,14,16-18H,8-13H2/t14-,16-,17-,18+/m0/s1. The summed E-state index contributed by atoms with van der Waals surface area (Å²) in [6.07, 6.45) is 6.93. The molecule has 1 aliphatic heterocycles. The topological polar surface area (TPSA) is 54.5 Å². The molecule has 4 nitrogen and oxygen atoms in total. The Bertz CT molecular complexity index is 756. The van der Waals surface area contributed by atoms with Crippen LogP contribution < -0.4 is 0 Å². The van der Waals surface area contributed by atoms with Crippen LogP contribution in [0.4, 0.5) is 0 Å². The van der Waals surface area contributed by atoms with Crippen molar-refractivity contribution >= 4 is 15.7 Å². The number of benzene rings is 1. The molecule has 4 atom stereocenters. The van der Waals surface area contributed by atoms with Gasteiger partial charge in [-0.1, -0.05) is 42.5 Å². The van der Waals surface area contributed by atoms with Crippen molar-refractivity contribution in [3.63, 3.8) is 0 Å². The Morgan fingerprint density at radius 2 is 1.83 bits per heavy atom. The fraction of sp³-hybridized carbons (Fsp3) is 0.526. The van der Waals surface area contributed by atoms with E-state index in [-0.39, 0.29) is 17.6 Å². The van der Waals surface area contributed by atoms with Gasteiger partial charge in [0.1, 0.15) is 0 Å². The van der Waals surface area contributed by atoms with Gasteiger partial charge in [-0.2, -0.15) is 0 Å². The van der Waals surface area contributed by atoms with Crippen molar-refractivity contribution in [3.05, 3.63) is 48.0 Å². The summed E-state index contributed by atoms with van der Waals surface area (Å²) < 4.78 is 25.3. The quantitative estimate of drug-likeness (QED) is 0.774. The molecule has 1 amide bonds. The number of nitrogens with zero attached hydrogens (tertiary/aromatic N) is 1. The average Bonchev–Trinajstić information content (AvgIpc) is 3.17. The van der Waals surface area contributed by atoms with Crippen LogP contribution in [0.2, 0.25) is 0 Å². The Hall–Kier alpha value is -1.62. The highest BCUT2D eigenvalue weighted by atomic mass is 32.2. The van der Waals surface area contributed by atoms with Gasteiger partial charge in [-0.25, -0.2) is 8.42 Å². The molecule has 0 aromatic heterocycles. The van der Waals surface area contributed by atoms with Gasteiger partial charge >= 0.3 is 0 Å². The van der Waals surface area contributed by atoms with Crippen molar-refractivity contribution in [2.24, 2.45) is 17.8 Å². The molecule has 1 saturated carbocycles. The lowest BCUT2D eigenvalue weighted by atomic mass is 9.92. The molecule has 0 N–H and O–H groups in total. The predicted molar refractivity (Wildman–Crippen MR) is 93.0 cm³/mol. The first kappa shape index (κ1) is 15.9. The van der Waals surface area contributed by atoms with Crippen molar-refractivity contribution in [2.75, 3.05) is 18.8 Å². The maximum Gasteiger partial charge on any atom is 0.226 e. The van der Waals surface area contributed by atoms with Crippen molar-refractivity contribution in [1.82, 2.24) is 4.90 Å². The maximum absolute atomic E-state index is 12.9. The molecule has 3 aliphatic rings. The van der Waals surface area contributed by atoms with Crippen LogP contribution in [0.3, 0.4) is 0 Å². The van der Waals surface area contributed by atoms with Crippen LogP contribution in [0.15, 0.2) is 42.5 Å². The third-order valence-corrected chi connectivity index (χ3v) is 7.95. The van der Waals surface area contributed by atoms with Gasteiger partial charge in [-0.3, -0.25) is 4.79 Å². The highest BCUT2D eigenvalue weighted by molar-refractivity contribution is 7.91. The molecule has 0 unspecified atom stereocenters. The molecule has 0 spiro atoms. The Morgan fingerprint density at radius 1 is 1.04 bits per heavy atom. The Morgan fingerprint density at radius 3 is 2.50 bits per heavy atom. The van der Waals surface area contributed by atoms with Crippen molar-refractivity contribution in [2.45, 2.75) is 24.5 Å². The summed E-state index contributed by atoms with van der Waals surface area (Å²) in [5, 5.41) is -0.489. The minimum Gasteiger partial charge on any atom is -0.341 e. The minimum atomic E-state index is -3.22. The van der Waals surface area contributed by atoms with E-state index >= 15 is 0 Å². The number of allylic oxidation sites excluding steroid dienone is 2. The Balaban J connectivity index is 1.51. The SMILES string of the molecule is O=C([C@H]1C[C@H]2C=C[C@H]1C2)N1CC[C@H](c2ccccc2)S(=O)(=O)CC1. The predicted octanol–water partition coefficient (Wildman–Crippen LogP) is 2.59. The number of carbonyl (C=O) groups excluding carboxylic acids is 1. The van der Waals surface area contributed by atoms with E-state index < -0.39 is 15.1 Å². The number of rotatable bonds is 2. The van der Waals surface area contributed by atoms with Gasteiger partial charge < -0.3 is 4.90 Å². The monoisotopic (exact) mass is 345 g/mol. The number of sulfone groups is 1. The molecule has 1 heterocycles. The molecule has 0 radical (unpaired) electrons. The Kier molecular flexibility index (Phi) is 3.99. The number of fused-ring (bicyclic) bond motifs is 2. The largest absolute Gasteiger partial charge is 0.341 e. The molecule has 4 rings (SSSR count). The van der Waals surface area contributed by atoms with Gasteiger partial charge in [-0.05, 0) is 36.7 Å². The second-order valence-corrected chi connectivity index (χ2v) is 9.57. The van der Waals surface area contributed by atoms with Crippen molar-refractivity contribution < 1.29 is 13.2 Å². The fourth-order valence-corrected chi connectivity index (χ4v) is 6.30. The normalized spacial score (nSPS) is 34.2. The van der Waals surface area contributed by atoms with E-state index in [0.717, 1.165) is 18.4 Å². The van der Waals surface area contributed by atoms with E-state index in [9.17, 15) is 13.2 Å². The molecule has 1 aromatic carbocycles. The van der Waals surface area contributed by atoms with Gasteiger partial charge in [0, 0.05) is 19.0 Å². The van der Waals surface area contributed by atoms with Gasteiger partial charge in [0.25, 0.3) is 0 Å². The lowest BCUT2D eigenvalue weighted by Crippen LogP contribution is -2.39. The molecule has 2 bridgehead atoms. The summed E-state index contributed by atoms with van der Waals surface area (Å²) in [5.41, 5.74) is 0.842. The highest BCUT2D eigenvalue weighted by Crippen LogP contribution is 2.44. The molecule has 1 saturated heterocycles. The number of amides is 1. The van der Waals surface area contributed by atoms with E-state index in [1.54, 1.807) is 4.90 Å². The van der Waals surface area contributed by atoms with Crippen LogP contribution in [0, 0.1) is 17.8 Å². The lowest BCUT2D eigenvalue weighted by Gasteiger charge is -2.26. The molecular formula is C19H23NO3S. The number of carbonyl (C=O) groups is 1. The van der Waals surface area contributed by atoms with Crippen LogP contribution in [0.25, 0.3) is 0 Å². The van der Waals surface area contributed by atoms with E-state index in [4.69, 9.17) is 0 Å². The Labute approximate surface area is 143 Å². The van der Waals surface area contributed by atoms with E-state index in [1.807, 2.05) is 30.3 Å². The van der Waals surface area contributed by atoms with E-state index in [1.165, 1.54) is 0 Å². The van der Waals surface area contributed by atoms with Crippen molar-refractivity contribution in [1.29, 1.82) is 0 Å². The second kappa shape index (κ2) is 6.03. The first-order valence-electron chi connectivity index (χ1n) is 8.78. The van der Waals surface area contributed by atoms with Gasteiger partial charge in [0.15, 0.2) is 9.84 Å². The zero-order valence-corrected chi connectivity index (χ0v) is 14.5. The third kappa shape index (κ3) is 2.79. The van der Waals surface area contributed by atoms with Crippen LogP contribution in [-0.4, -0.2) is 38.1 Å². The number of hydrogen-bond acceptors (Lipinski definition) is 3. The first-order valence-corrected chi connectivity index (χ1v) is 10.5. The third-order valence-electron chi connectivity index (χ3n) is 5.82. The molecule has 1 aromatic rings. The molecule has 5 heteroatoms. The lowest BCUT2D eigenvalue weighted by molar-refractivity contribution is -0.136. The summed E-state index contributed by atoms with van der Waals surface area (Å²) in [6, 6.07) is 9.40. The molecule has 128 valence electrons. The molecular weight excluding hydrogens is 322 g/mol.